The summed E-state index contributed by atoms with van der Waals surface area (Å²) in [6.45, 7) is 7.37. The Morgan fingerprint density at radius 1 is 0.358 bits per heavy atom. The third kappa shape index (κ3) is 16.7. The van der Waals surface area contributed by atoms with Crippen molar-refractivity contribution >= 4 is 11.9 Å². The molecule has 6 aromatic rings. The second kappa shape index (κ2) is 30.2. The Hall–Kier alpha value is -6.22. The number of benzene rings is 6. The Bertz CT molecular complexity index is 2760. The fourth-order valence-electron chi connectivity index (χ4n) is 10.3. The first-order valence-electron chi connectivity index (χ1n) is 27.6. The van der Waals surface area contributed by atoms with Crippen molar-refractivity contribution in [3.8, 4) is 0 Å². The van der Waals surface area contributed by atoms with Crippen LogP contribution >= 0.6 is 0 Å². The molecule has 0 saturated carbocycles. The maximum Gasteiger partial charge on any atom is 0.303 e. The predicted octanol–water partition coefficient (Wildman–Crippen LogP) is 9.62. The van der Waals surface area contributed by atoms with Gasteiger partial charge in [0, 0.05) is 21.0 Å². The molecule has 16 nitrogen and oxygen atoms in total. The van der Waals surface area contributed by atoms with E-state index in [0.29, 0.717) is 0 Å². The summed E-state index contributed by atoms with van der Waals surface area (Å²) in [4.78, 5) is 26.2. The molecule has 430 valence electrons. The lowest BCUT2D eigenvalue weighted by molar-refractivity contribution is -0.395. The van der Waals surface area contributed by atoms with Gasteiger partial charge in [-0.1, -0.05) is 182 Å². The van der Waals surface area contributed by atoms with E-state index in [1.807, 2.05) is 189 Å². The molecule has 3 fully saturated rings. The SMILES string of the molecule is CO[C@H]1O[C@H](C)[C@@H](OCc2ccccc2)[C@@H](O[C@@H]2O[C@H](COCc3ccccc3)[C@@H](OCc3ccccc3)[C@@H](OCc3ccccc3)[C@@H]2OCc2ccccc2)[C@@H]1O[C@H]1O[C@H](C)[C@H](OCc2ccccc2)[C@H](OC(C)=O)[C@@H]1OC(C)=O. The van der Waals surface area contributed by atoms with Crippen LogP contribution in [0.25, 0.3) is 0 Å². The number of rotatable bonds is 26. The molecular formula is C65H74O16. The van der Waals surface area contributed by atoms with Crippen molar-refractivity contribution in [3.63, 3.8) is 0 Å². The molecule has 3 aliphatic rings. The molecule has 0 bridgehead atoms. The summed E-state index contributed by atoms with van der Waals surface area (Å²) in [5, 5.41) is 0. The molecule has 9 rings (SSSR count). The van der Waals surface area contributed by atoms with E-state index in [9.17, 15) is 9.59 Å². The Morgan fingerprint density at radius 2 is 0.691 bits per heavy atom. The highest BCUT2D eigenvalue weighted by Crippen LogP contribution is 2.39. The molecule has 0 spiro atoms. The summed E-state index contributed by atoms with van der Waals surface area (Å²) in [6.07, 6.45) is -15.5. The molecule has 16 heteroatoms. The fourth-order valence-corrected chi connectivity index (χ4v) is 10.3. The van der Waals surface area contributed by atoms with E-state index >= 15 is 0 Å². The van der Waals surface area contributed by atoms with Crippen molar-refractivity contribution in [1.82, 2.24) is 0 Å². The third-order valence-corrected chi connectivity index (χ3v) is 14.3. The molecule has 0 aliphatic carbocycles. The van der Waals surface area contributed by atoms with Crippen LogP contribution < -0.4 is 0 Å². The lowest BCUT2D eigenvalue weighted by atomic mass is 9.95. The number of carbonyl (C=O) groups excluding carboxylic acids is 2. The molecule has 3 saturated heterocycles. The lowest BCUT2D eigenvalue weighted by Gasteiger charge is -2.51. The second-order valence-corrected chi connectivity index (χ2v) is 20.4. The van der Waals surface area contributed by atoms with Crippen LogP contribution in [0.3, 0.4) is 0 Å². The highest BCUT2D eigenvalue weighted by atomic mass is 16.8. The zero-order valence-electron chi connectivity index (χ0n) is 46.5. The van der Waals surface area contributed by atoms with Gasteiger partial charge in [-0.05, 0) is 47.2 Å². The lowest BCUT2D eigenvalue weighted by Crippen LogP contribution is -2.67. The maximum absolute atomic E-state index is 13.2. The fraction of sp³-hybridized carbons (Fsp3) is 0.415. The van der Waals surface area contributed by atoms with Gasteiger partial charge in [0.1, 0.15) is 48.8 Å². The van der Waals surface area contributed by atoms with Gasteiger partial charge in [-0.15, -0.1) is 0 Å². The topological polar surface area (TPSA) is 163 Å². The molecule has 0 unspecified atom stereocenters. The van der Waals surface area contributed by atoms with Gasteiger partial charge < -0.3 is 66.3 Å². The first-order chi connectivity index (χ1) is 39.6. The maximum atomic E-state index is 13.2. The molecular weight excluding hydrogens is 1040 g/mol. The zero-order chi connectivity index (χ0) is 56.3. The van der Waals surface area contributed by atoms with E-state index in [-0.39, 0.29) is 46.2 Å². The molecule has 6 aromatic carbocycles. The van der Waals surface area contributed by atoms with E-state index in [1.165, 1.54) is 21.0 Å². The molecule has 81 heavy (non-hydrogen) atoms. The van der Waals surface area contributed by atoms with Crippen LogP contribution in [-0.4, -0.2) is 118 Å². The van der Waals surface area contributed by atoms with Crippen LogP contribution in [0.2, 0.25) is 0 Å². The van der Waals surface area contributed by atoms with Crippen molar-refractivity contribution in [3.05, 3.63) is 215 Å². The summed E-state index contributed by atoms with van der Waals surface area (Å²) in [6, 6.07) is 58.7. The normalized spacial score (nSPS) is 28.4. The average Bonchev–Trinajstić information content (AvgIpc) is 3.51. The Morgan fingerprint density at radius 3 is 1.11 bits per heavy atom. The van der Waals surface area contributed by atoms with Gasteiger partial charge in [-0.3, -0.25) is 9.59 Å². The van der Waals surface area contributed by atoms with Crippen LogP contribution in [0.15, 0.2) is 182 Å². The van der Waals surface area contributed by atoms with Gasteiger partial charge in [-0.25, -0.2) is 0 Å². The van der Waals surface area contributed by atoms with Crippen molar-refractivity contribution < 1.29 is 75.9 Å². The Balaban J connectivity index is 1.12. The molecule has 0 aromatic heterocycles. The van der Waals surface area contributed by atoms with Crippen LogP contribution in [0.1, 0.15) is 61.1 Å². The Labute approximate surface area is 474 Å². The largest absolute Gasteiger partial charge is 0.455 e. The summed E-state index contributed by atoms with van der Waals surface area (Å²) in [5.74, 6) is -1.31. The monoisotopic (exact) mass is 1110 g/mol. The molecule has 3 heterocycles. The first kappa shape index (κ1) is 59.4. The second-order valence-electron chi connectivity index (χ2n) is 20.4. The zero-order valence-corrected chi connectivity index (χ0v) is 46.5. The molecule has 3 aliphatic heterocycles. The van der Waals surface area contributed by atoms with E-state index in [1.54, 1.807) is 6.92 Å². The van der Waals surface area contributed by atoms with Crippen molar-refractivity contribution in [2.24, 2.45) is 0 Å². The number of methoxy groups -OCH3 is 1. The van der Waals surface area contributed by atoms with E-state index in [2.05, 4.69) is 0 Å². The first-order valence-corrected chi connectivity index (χ1v) is 27.6. The Kier molecular flexibility index (Phi) is 22.1. The van der Waals surface area contributed by atoms with E-state index in [4.69, 9.17) is 66.3 Å². The van der Waals surface area contributed by atoms with Crippen molar-refractivity contribution in [2.45, 2.75) is 159 Å². The van der Waals surface area contributed by atoms with Crippen molar-refractivity contribution in [1.29, 1.82) is 0 Å². The summed E-state index contributed by atoms with van der Waals surface area (Å²) >= 11 is 0. The third-order valence-electron chi connectivity index (χ3n) is 14.3. The van der Waals surface area contributed by atoms with Gasteiger partial charge in [-0.2, -0.15) is 0 Å². The van der Waals surface area contributed by atoms with Gasteiger partial charge in [0.2, 0.25) is 0 Å². The molecule has 0 radical (unpaired) electrons. The number of esters is 2. The minimum atomic E-state index is -1.42. The van der Waals surface area contributed by atoms with Crippen LogP contribution in [0.4, 0.5) is 0 Å². The molecule has 0 amide bonds. The van der Waals surface area contributed by atoms with Gasteiger partial charge >= 0.3 is 11.9 Å². The van der Waals surface area contributed by atoms with Crippen LogP contribution in [0, 0.1) is 0 Å². The number of hydrogen-bond acceptors (Lipinski definition) is 16. The highest BCUT2D eigenvalue weighted by Gasteiger charge is 2.57. The smallest absolute Gasteiger partial charge is 0.303 e. The summed E-state index contributed by atoms with van der Waals surface area (Å²) < 4.78 is 94.3. The number of ether oxygens (including phenoxy) is 14. The number of hydrogen-bond donors (Lipinski definition) is 0. The highest BCUT2D eigenvalue weighted by molar-refractivity contribution is 5.67. The molecule has 15 atom stereocenters. The van der Waals surface area contributed by atoms with Crippen molar-refractivity contribution in [2.75, 3.05) is 13.7 Å². The van der Waals surface area contributed by atoms with Gasteiger partial charge in [0.05, 0.1) is 58.5 Å². The standard InChI is InChI=1S/C65H74O16/c1-43-55(71-38-49-28-16-8-17-29-49)59(61(63(68-5)75-43)81-65-62(78-46(4)67)58(77-45(3)66)54(44(2)76-65)70-37-48-26-14-7-15-27-48)80-64-60(74-41-52-34-22-11-23-35-52)57(73-40-51-32-20-10-21-33-51)56(72-39-50-30-18-9-19-31-50)53(79-64)42-69-36-47-24-12-6-13-25-47/h6-35,43-44,53-65H,36-42H2,1-5H3/t43-,44-,53-,54+,55-,56-,57-,58+,59-,60+,61+,62+,63+,64+,65-/m1/s1. The molecule has 0 N–H and O–H groups in total. The quantitative estimate of drug-likeness (QED) is 0.0471. The summed E-state index contributed by atoms with van der Waals surface area (Å²) in [7, 11) is 1.49. The summed E-state index contributed by atoms with van der Waals surface area (Å²) in [5.41, 5.74) is 5.50. The van der Waals surface area contributed by atoms with Gasteiger partial charge in [0.15, 0.2) is 31.1 Å². The minimum absolute atomic E-state index is 0.0620. The van der Waals surface area contributed by atoms with Crippen LogP contribution in [0.5, 0.6) is 0 Å². The van der Waals surface area contributed by atoms with Crippen LogP contribution in [-0.2, 0) is 116 Å². The predicted molar refractivity (Wildman–Crippen MR) is 296 cm³/mol. The van der Waals surface area contributed by atoms with E-state index in [0.717, 1.165) is 33.4 Å². The average molecular weight is 1110 g/mol. The number of carbonyl (C=O) groups is 2. The van der Waals surface area contributed by atoms with Gasteiger partial charge in [0.25, 0.3) is 0 Å². The van der Waals surface area contributed by atoms with E-state index < -0.39 is 104 Å². The minimum Gasteiger partial charge on any atom is -0.455 e.